The summed E-state index contributed by atoms with van der Waals surface area (Å²) in [6.45, 7) is 0.572. The predicted octanol–water partition coefficient (Wildman–Crippen LogP) is 1.26. The maximum absolute atomic E-state index is 11.5. The van der Waals surface area contributed by atoms with Gasteiger partial charge < -0.3 is 15.4 Å². The lowest BCUT2D eigenvalue weighted by Crippen LogP contribution is -2.43. The van der Waals surface area contributed by atoms with Crippen LogP contribution in [0.2, 0.25) is 0 Å². The highest BCUT2D eigenvalue weighted by Crippen LogP contribution is 2.23. The zero-order valence-corrected chi connectivity index (χ0v) is 15.4. The van der Waals surface area contributed by atoms with E-state index < -0.39 is 9.84 Å². The number of nitrogens with zero attached hydrogens (tertiary/aromatic N) is 2. The van der Waals surface area contributed by atoms with Crippen molar-refractivity contribution in [3.63, 3.8) is 0 Å². The zero-order valence-electron chi connectivity index (χ0n) is 14.6. The van der Waals surface area contributed by atoms with E-state index in [9.17, 15) is 8.42 Å². The van der Waals surface area contributed by atoms with Crippen molar-refractivity contribution < 1.29 is 13.2 Å². The molecular formula is C17H26N4O3S. The highest BCUT2D eigenvalue weighted by Gasteiger charge is 2.28. The fourth-order valence-corrected chi connectivity index (χ4v) is 4.96. The number of nitrogens with one attached hydrogen (secondary N) is 2. The molecule has 2 aliphatic rings. The largest absolute Gasteiger partial charge is 0.474 e. The number of ether oxygens (including phenoxy) is 1. The summed E-state index contributed by atoms with van der Waals surface area (Å²) < 4.78 is 29.0. The molecule has 3 rings (SSSR count). The highest BCUT2D eigenvalue weighted by atomic mass is 32.2. The summed E-state index contributed by atoms with van der Waals surface area (Å²) >= 11 is 0. The summed E-state index contributed by atoms with van der Waals surface area (Å²) in [6.07, 6.45) is 7.32. The molecule has 0 aromatic carbocycles. The van der Waals surface area contributed by atoms with E-state index in [0.29, 0.717) is 24.8 Å². The van der Waals surface area contributed by atoms with Crippen LogP contribution in [0.1, 0.15) is 37.7 Å². The van der Waals surface area contributed by atoms with E-state index in [0.717, 1.165) is 18.4 Å². The first-order chi connectivity index (χ1) is 12.0. The van der Waals surface area contributed by atoms with Gasteiger partial charge in [0.2, 0.25) is 5.88 Å². The van der Waals surface area contributed by atoms with Crippen LogP contribution in [0, 0.1) is 0 Å². The summed E-state index contributed by atoms with van der Waals surface area (Å²) in [5.74, 6) is 1.68. The Morgan fingerprint density at radius 2 is 2.16 bits per heavy atom. The second-order valence-corrected chi connectivity index (χ2v) is 8.93. The number of pyridine rings is 1. The predicted molar refractivity (Wildman–Crippen MR) is 97.5 cm³/mol. The second-order valence-electron chi connectivity index (χ2n) is 6.70. The molecule has 138 valence electrons. The monoisotopic (exact) mass is 366 g/mol. The van der Waals surface area contributed by atoms with Crippen molar-refractivity contribution in [1.29, 1.82) is 0 Å². The van der Waals surface area contributed by atoms with Gasteiger partial charge in [0.15, 0.2) is 15.8 Å². The Labute approximate surface area is 149 Å². The Bertz CT molecular complexity index is 714. The highest BCUT2D eigenvalue weighted by molar-refractivity contribution is 7.91. The SMILES string of the molecule is CN=C(NCc1ccnc(OC2CCCC2)c1)NC1CCS(=O)(=O)C1. The molecule has 1 aliphatic heterocycles. The molecule has 2 fully saturated rings. The topological polar surface area (TPSA) is 92.7 Å². The van der Waals surface area contributed by atoms with Gasteiger partial charge in [0.05, 0.1) is 11.5 Å². The van der Waals surface area contributed by atoms with Crippen molar-refractivity contribution in [2.45, 2.75) is 50.8 Å². The van der Waals surface area contributed by atoms with Gasteiger partial charge in [-0.2, -0.15) is 0 Å². The number of guanidine groups is 1. The zero-order chi connectivity index (χ0) is 17.7. The second kappa shape index (κ2) is 8.03. The Kier molecular flexibility index (Phi) is 5.78. The van der Waals surface area contributed by atoms with E-state index in [1.54, 1.807) is 13.2 Å². The van der Waals surface area contributed by atoms with Crippen LogP contribution < -0.4 is 15.4 Å². The molecular weight excluding hydrogens is 340 g/mol. The van der Waals surface area contributed by atoms with Crippen molar-refractivity contribution in [2.24, 2.45) is 4.99 Å². The van der Waals surface area contributed by atoms with Crippen LogP contribution in [-0.2, 0) is 16.4 Å². The minimum atomic E-state index is -2.90. The fourth-order valence-electron chi connectivity index (χ4n) is 3.28. The van der Waals surface area contributed by atoms with Crippen molar-refractivity contribution in [2.75, 3.05) is 18.6 Å². The molecule has 1 saturated carbocycles. The third-order valence-electron chi connectivity index (χ3n) is 4.65. The fraction of sp³-hybridized carbons (Fsp3) is 0.647. The molecule has 2 N–H and O–H groups in total. The minimum absolute atomic E-state index is 0.0742. The van der Waals surface area contributed by atoms with Crippen molar-refractivity contribution >= 4 is 15.8 Å². The summed E-state index contributed by atoms with van der Waals surface area (Å²) in [4.78, 5) is 8.46. The molecule has 1 unspecified atom stereocenters. The molecule has 0 bridgehead atoms. The van der Waals surface area contributed by atoms with Gasteiger partial charge >= 0.3 is 0 Å². The van der Waals surface area contributed by atoms with E-state index in [-0.39, 0.29) is 23.7 Å². The number of hydrogen-bond acceptors (Lipinski definition) is 5. The lowest BCUT2D eigenvalue weighted by Gasteiger charge is -2.16. The van der Waals surface area contributed by atoms with Crippen LogP contribution in [0.25, 0.3) is 0 Å². The van der Waals surface area contributed by atoms with Crippen LogP contribution in [0.5, 0.6) is 5.88 Å². The van der Waals surface area contributed by atoms with Gasteiger partial charge in [-0.25, -0.2) is 13.4 Å². The number of sulfone groups is 1. The standard InChI is InChI=1S/C17H26N4O3S/c1-18-17(21-14-7-9-25(22,23)12-14)20-11-13-6-8-19-16(10-13)24-15-4-2-3-5-15/h6,8,10,14-15H,2-5,7,9,11-12H2,1H3,(H2,18,20,21). The van der Waals surface area contributed by atoms with E-state index in [4.69, 9.17) is 4.74 Å². The van der Waals surface area contributed by atoms with Crippen LogP contribution in [0.4, 0.5) is 0 Å². The van der Waals surface area contributed by atoms with E-state index in [1.165, 1.54) is 12.8 Å². The Morgan fingerprint density at radius 1 is 1.36 bits per heavy atom. The first-order valence-electron chi connectivity index (χ1n) is 8.83. The van der Waals surface area contributed by atoms with Gasteiger partial charge in [-0.3, -0.25) is 4.99 Å². The Morgan fingerprint density at radius 3 is 2.84 bits per heavy atom. The maximum Gasteiger partial charge on any atom is 0.213 e. The average Bonchev–Trinajstić information content (AvgIpc) is 3.21. The Balaban J connectivity index is 1.51. The van der Waals surface area contributed by atoms with Crippen molar-refractivity contribution in [1.82, 2.24) is 15.6 Å². The van der Waals surface area contributed by atoms with E-state index in [2.05, 4.69) is 20.6 Å². The lowest BCUT2D eigenvalue weighted by atomic mass is 10.2. The minimum Gasteiger partial charge on any atom is -0.474 e. The molecule has 8 heteroatoms. The number of aliphatic imine (C=N–C) groups is 1. The molecule has 0 spiro atoms. The molecule has 25 heavy (non-hydrogen) atoms. The van der Waals surface area contributed by atoms with Crippen LogP contribution in [0.15, 0.2) is 23.3 Å². The normalized spacial score (nSPS) is 23.6. The third kappa shape index (κ3) is 5.32. The third-order valence-corrected chi connectivity index (χ3v) is 6.41. The molecule has 0 radical (unpaired) electrons. The van der Waals surface area contributed by atoms with E-state index >= 15 is 0 Å². The van der Waals surface area contributed by atoms with Crippen LogP contribution in [-0.4, -0.2) is 50.1 Å². The van der Waals surface area contributed by atoms with Crippen molar-refractivity contribution in [3.05, 3.63) is 23.9 Å². The number of hydrogen-bond donors (Lipinski definition) is 2. The van der Waals surface area contributed by atoms with Gasteiger partial charge in [0.25, 0.3) is 0 Å². The molecule has 1 aromatic rings. The summed E-state index contributed by atoms with van der Waals surface area (Å²) in [5.41, 5.74) is 1.05. The summed E-state index contributed by atoms with van der Waals surface area (Å²) in [7, 11) is -1.22. The molecule has 2 heterocycles. The lowest BCUT2D eigenvalue weighted by molar-refractivity contribution is 0.201. The van der Waals surface area contributed by atoms with Crippen LogP contribution in [0.3, 0.4) is 0 Å². The van der Waals surface area contributed by atoms with E-state index in [1.807, 2.05) is 12.1 Å². The molecule has 1 aliphatic carbocycles. The van der Waals surface area contributed by atoms with Gasteiger partial charge in [0.1, 0.15) is 6.10 Å². The van der Waals surface area contributed by atoms with Gasteiger partial charge in [-0.05, 0) is 43.7 Å². The quantitative estimate of drug-likeness (QED) is 0.602. The molecule has 1 saturated heterocycles. The molecule has 7 nitrogen and oxygen atoms in total. The Hall–Kier alpha value is -1.83. The molecule has 1 atom stereocenters. The number of rotatable bonds is 5. The average molecular weight is 366 g/mol. The summed E-state index contributed by atoms with van der Waals surface area (Å²) in [6, 6.07) is 3.80. The first kappa shape index (κ1) is 18.0. The van der Waals surface area contributed by atoms with Gasteiger partial charge in [-0.1, -0.05) is 0 Å². The first-order valence-corrected chi connectivity index (χ1v) is 10.7. The maximum atomic E-state index is 11.5. The van der Waals surface area contributed by atoms with Gasteiger partial charge in [-0.15, -0.1) is 0 Å². The number of aromatic nitrogens is 1. The summed E-state index contributed by atoms with van der Waals surface area (Å²) in [5, 5.41) is 6.40. The molecule has 1 aromatic heterocycles. The van der Waals surface area contributed by atoms with Gasteiger partial charge in [0, 0.05) is 31.9 Å². The smallest absolute Gasteiger partial charge is 0.213 e. The van der Waals surface area contributed by atoms with Crippen molar-refractivity contribution in [3.8, 4) is 5.88 Å². The van der Waals surface area contributed by atoms with Crippen LogP contribution >= 0.6 is 0 Å². The molecule has 0 amide bonds.